The van der Waals surface area contributed by atoms with Gasteiger partial charge in [0, 0.05) is 36.8 Å². The summed E-state index contributed by atoms with van der Waals surface area (Å²) in [6.07, 6.45) is 2.00. The van der Waals surface area contributed by atoms with Crippen LogP contribution in [0, 0.1) is 5.92 Å². The second-order valence-electron chi connectivity index (χ2n) is 6.26. The van der Waals surface area contributed by atoms with Gasteiger partial charge in [0.2, 0.25) is 0 Å². The van der Waals surface area contributed by atoms with E-state index >= 15 is 0 Å². The predicted octanol–water partition coefficient (Wildman–Crippen LogP) is 3.87. The Balaban J connectivity index is 1.75. The number of rotatable bonds is 5. The van der Waals surface area contributed by atoms with E-state index in [2.05, 4.69) is 10.2 Å². The van der Waals surface area contributed by atoms with E-state index in [-0.39, 0.29) is 12.4 Å². The zero-order chi connectivity index (χ0) is 16.9. The highest BCUT2D eigenvalue weighted by atomic mass is 35.5. The van der Waals surface area contributed by atoms with Crippen LogP contribution in [0.5, 0.6) is 5.75 Å². The Kier molecular flexibility index (Phi) is 5.48. The molecular formula is C19H23ClN2O2. The zero-order valence-electron chi connectivity index (χ0n) is 13.6. The summed E-state index contributed by atoms with van der Waals surface area (Å²) in [6.45, 7) is 2.66. The molecule has 1 heterocycles. The standard InChI is InChI=1S/C19H23ClN2O2/c20-16-5-6-18(22-9-7-14(13-23)8-10-22)17(11-16)21-12-15-3-1-2-4-19(15)24/h1-6,11,14,21,23-24H,7-10,12-13H2. The van der Waals surface area contributed by atoms with E-state index in [1.54, 1.807) is 6.07 Å². The lowest BCUT2D eigenvalue weighted by molar-refractivity contribution is 0.203. The van der Waals surface area contributed by atoms with Crippen LogP contribution in [-0.4, -0.2) is 29.9 Å². The maximum Gasteiger partial charge on any atom is 0.120 e. The summed E-state index contributed by atoms with van der Waals surface area (Å²) in [5.74, 6) is 0.698. The van der Waals surface area contributed by atoms with Gasteiger partial charge in [0.25, 0.3) is 0 Å². The van der Waals surface area contributed by atoms with Gasteiger partial charge in [-0.25, -0.2) is 0 Å². The molecule has 5 heteroatoms. The first-order chi connectivity index (χ1) is 11.7. The van der Waals surface area contributed by atoms with E-state index in [1.807, 2.05) is 36.4 Å². The number of aliphatic hydroxyl groups is 1. The van der Waals surface area contributed by atoms with Crippen LogP contribution in [0.1, 0.15) is 18.4 Å². The Bertz CT molecular complexity index is 685. The van der Waals surface area contributed by atoms with E-state index in [0.717, 1.165) is 42.9 Å². The van der Waals surface area contributed by atoms with Gasteiger partial charge in [-0.3, -0.25) is 0 Å². The Morgan fingerprint density at radius 1 is 1.12 bits per heavy atom. The minimum Gasteiger partial charge on any atom is -0.508 e. The zero-order valence-corrected chi connectivity index (χ0v) is 14.3. The summed E-state index contributed by atoms with van der Waals surface area (Å²) in [4.78, 5) is 2.33. The first-order valence-electron chi connectivity index (χ1n) is 8.33. The van der Waals surface area contributed by atoms with Gasteiger partial charge in [-0.15, -0.1) is 0 Å². The topological polar surface area (TPSA) is 55.7 Å². The summed E-state index contributed by atoms with van der Waals surface area (Å²) in [6, 6.07) is 13.2. The number of hydrogen-bond acceptors (Lipinski definition) is 4. The second-order valence-corrected chi connectivity index (χ2v) is 6.69. The molecule has 128 valence electrons. The minimum absolute atomic E-state index is 0.271. The van der Waals surface area contributed by atoms with Gasteiger partial charge in [0.05, 0.1) is 11.4 Å². The summed E-state index contributed by atoms with van der Waals surface area (Å²) in [5, 5.41) is 23.3. The smallest absolute Gasteiger partial charge is 0.120 e. The number of aliphatic hydroxyl groups excluding tert-OH is 1. The lowest BCUT2D eigenvalue weighted by atomic mass is 9.97. The average Bonchev–Trinajstić information content (AvgIpc) is 2.61. The van der Waals surface area contributed by atoms with Crippen LogP contribution in [0.3, 0.4) is 0 Å². The molecule has 0 atom stereocenters. The normalized spacial score (nSPS) is 15.5. The number of para-hydroxylation sites is 1. The molecule has 0 bridgehead atoms. The fourth-order valence-corrected chi connectivity index (χ4v) is 3.30. The van der Waals surface area contributed by atoms with E-state index in [4.69, 9.17) is 11.6 Å². The van der Waals surface area contributed by atoms with E-state index < -0.39 is 0 Å². The first-order valence-corrected chi connectivity index (χ1v) is 8.71. The van der Waals surface area contributed by atoms with Crippen LogP contribution < -0.4 is 10.2 Å². The van der Waals surface area contributed by atoms with Crippen molar-refractivity contribution in [2.24, 2.45) is 5.92 Å². The highest BCUT2D eigenvalue weighted by Crippen LogP contribution is 2.33. The summed E-state index contributed by atoms with van der Waals surface area (Å²) < 4.78 is 0. The maximum atomic E-state index is 9.92. The number of halogens is 1. The van der Waals surface area contributed by atoms with Crippen molar-refractivity contribution in [2.75, 3.05) is 29.9 Å². The summed E-state index contributed by atoms with van der Waals surface area (Å²) in [5.41, 5.74) is 2.93. The third-order valence-corrected chi connectivity index (χ3v) is 4.87. The van der Waals surface area contributed by atoms with Gasteiger partial charge in [-0.1, -0.05) is 29.8 Å². The van der Waals surface area contributed by atoms with Gasteiger partial charge in [-0.05, 0) is 43.0 Å². The molecule has 0 unspecified atom stereocenters. The third-order valence-electron chi connectivity index (χ3n) is 4.63. The molecule has 0 spiro atoms. The minimum atomic E-state index is 0.271. The van der Waals surface area contributed by atoms with Crippen LogP contribution in [0.25, 0.3) is 0 Å². The Morgan fingerprint density at radius 3 is 2.58 bits per heavy atom. The van der Waals surface area contributed by atoms with Crippen molar-refractivity contribution in [2.45, 2.75) is 19.4 Å². The van der Waals surface area contributed by atoms with Crippen molar-refractivity contribution in [1.29, 1.82) is 0 Å². The van der Waals surface area contributed by atoms with Crippen molar-refractivity contribution in [1.82, 2.24) is 0 Å². The highest BCUT2D eigenvalue weighted by molar-refractivity contribution is 6.31. The molecule has 0 amide bonds. The Labute approximate surface area is 147 Å². The number of aromatic hydroxyl groups is 1. The number of nitrogens with one attached hydrogen (secondary N) is 1. The van der Waals surface area contributed by atoms with Gasteiger partial charge in [0.15, 0.2) is 0 Å². The first kappa shape index (κ1) is 16.9. The van der Waals surface area contributed by atoms with Gasteiger partial charge < -0.3 is 20.4 Å². The van der Waals surface area contributed by atoms with Crippen LogP contribution >= 0.6 is 11.6 Å². The van der Waals surface area contributed by atoms with Crippen molar-refractivity contribution in [3.63, 3.8) is 0 Å². The summed E-state index contributed by atoms with van der Waals surface area (Å²) in [7, 11) is 0. The van der Waals surface area contributed by atoms with Gasteiger partial charge in [-0.2, -0.15) is 0 Å². The van der Waals surface area contributed by atoms with Crippen LogP contribution in [0.15, 0.2) is 42.5 Å². The van der Waals surface area contributed by atoms with Crippen molar-refractivity contribution in [3.8, 4) is 5.75 Å². The second kappa shape index (κ2) is 7.77. The molecule has 0 aliphatic carbocycles. The van der Waals surface area contributed by atoms with Crippen molar-refractivity contribution < 1.29 is 10.2 Å². The third kappa shape index (κ3) is 3.94. The largest absolute Gasteiger partial charge is 0.508 e. The van der Waals surface area contributed by atoms with Crippen LogP contribution in [-0.2, 0) is 6.54 Å². The molecule has 4 nitrogen and oxygen atoms in total. The Morgan fingerprint density at radius 2 is 1.88 bits per heavy atom. The monoisotopic (exact) mass is 346 g/mol. The number of phenolic OH excluding ortho intramolecular Hbond substituents is 1. The molecule has 1 aliphatic rings. The molecule has 24 heavy (non-hydrogen) atoms. The lowest BCUT2D eigenvalue weighted by Crippen LogP contribution is -2.35. The molecule has 1 aliphatic heterocycles. The van der Waals surface area contributed by atoms with Crippen LogP contribution in [0.2, 0.25) is 5.02 Å². The number of phenols is 1. The molecule has 3 N–H and O–H groups in total. The molecule has 0 radical (unpaired) electrons. The molecule has 2 aromatic carbocycles. The van der Waals surface area contributed by atoms with Crippen LogP contribution in [0.4, 0.5) is 11.4 Å². The lowest BCUT2D eigenvalue weighted by Gasteiger charge is -2.34. The van der Waals surface area contributed by atoms with Gasteiger partial charge in [0.1, 0.15) is 5.75 Å². The maximum absolute atomic E-state index is 9.92. The molecule has 1 saturated heterocycles. The molecule has 1 fully saturated rings. The number of nitrogens with zero attached hydrogens (tertiary/aromatic N) is 1. The molecule has 0 aromatic heterocycles. The number of piperidine rings is 1. The Hall–Kier alpha value is -1.91. The van der Waals surface area contributed by atoms with E-state index in [9.17, 15) is 10.2 Å². The fraction of sp³-hybridized carbons (Fsp3) is 0.368. The SMILES string of the molecule is OCC1CCN(c2ccc(Cl)cc2NCc2ccccc2O)CC1. The van der Waals surface area contributed by atoms with E-state index in [1.165, 1.54) is 0 Å². The molecule has 3 rings (SSSR count). The predicted molar refractivity (Wildman–Crippen MR) is 98.9 cm³/mol. The fourth-order valence-electron chi connectivity index (χ4n) is 3.13. The molecule has 0 saturated carbocycles. The number of anilines is 2. The van der Waals surface area contributed by atoms with Crippen molar-refractivity contribution in [3.05, 3.63) is 53.1 Å². The quantitative estimate of drug-likeness (QED) is 0.769. The number of hydrogen-bond donors (Lipinski definition) is 3. The average molecular weight is 347 g/mol. The van der Waals surface area contributed by atoms with Crippen molar-refractivity contribution >= 4 is 23.0 Å². The molecule has 2 aromatic rings. The number of benzene rings is 2. The summed E-state index contributed by atoms with van der Waals surface area (Å²) >= 11 is 6.17. The molecular weight excluding hydrogens is 324 g/mol. The van der Waals surface area contributed by atoms with E-state index in [0.29, 0.717) is 17.5 Å². The highest BCUT2D eigenvalue weighted by Gasteiger charge is 2.20. The van der Waals surface area contributed by atoms with Gasteiger partial charge >= 0.3 is 0 Å².